The number of benzene rings is 1. The van der Waals surface area contributed by atoms with E-state index in [-0.39, 0.29) is 28.8 Å². The number of carbonyl (C=O) groups is 2. The van der Waals surface area contributed by atoms with Gasteiger partial charge >= 0.3 is 12.1 Å². The molecule has 0 radical (unpaired) electrons. The lowest BCUT2D eigenvalue weighted by atomic mass is 10.1. The number of hydrogen-bond acceptors (Lipinski definition) is 5. The van der Waals surface area contributed by atoms with Crippen molar-refractivity contribution >= 4 is 35.3 Å². The number of alkyl carbamates (subject to hydrolysis) is 1. The van der Waals surface area contributed by atoms with Crippen molar-refractivity contribution in [1.29, 1.82) is 0 Å². The lowest BCUT2D eigenvalue weighted by Gasteiger charge is -2.23. The Morgan fingerprint density at radius 1 is 1.25 bits per heavy atom. The molecule has 0 aliphatic rings. The Bertz CT molecular complexity index is 590. The van der Waals surface area contributed by atoms with Crippen molar-refractivity contribution in [2.75, 3.05) is 6.61 Å². The molecular weight excluding hydrogens is 357 g/mol. The van der Waals surface area contributed by atoms with E-state index >= 15 is 0 Å². The molecule has 0 spiro atoms. The fourth-order valence-corrected chi connectivity index (χ4v) is 2.39. The van der Waals surface area contributed by atoms with Gasteiger partial charge < -0.3 is 19.9 Å². The van der Waals surface area contributed by atoms with E-state index in [2.05, 4.69) is 5.32 Å². The molecule has 8 heteroatoms. The number of rotatable bonds is 5. The maximum atomic E-state index is 12.1. The molecule has 0 aliphatic carbocycles. The van der Waals surface area contributed by atoms with E-state index in [1.165, 1.54) is 12.1 Å². The standard InChI is InChI=1S/C16H21Cl2NO5/c1-5-23-14(21)12(19-15(22)24-16(2,3)4)8-9-6-10(17)13(20)11(18)7-9/h6-7,12,20H,5,8H2,1-4H3,(H,19,22)/t12-/m0/s1. The summed E-state index contributed by atoms with van der Waals surface area (Å²) in [6, 6.07) is 1.95. The third-order valence-corrected chi connectivity index (χ3v) is 3.35. The first-order chi connectivity index (χ1) is 11.0. The maximum absolute atomic E-state index is 12.1. The highest BCUT2D eigenvalue weighted by Crippen LogP contribution is 2.33. The summed E-state index contributed by atoms with van der Waals surface area (Å²) in [7, 11) is 0. The van der Waals surface area contributed by atoms with Gasteiger partial charge in [-0.25, -0.2) is 9.59 Å². The first-order valence-corrected chi connectivity index (χ1v) is 8.12. The monoisotopic (exact) mass is 377 g/mol. The molecule has 24 heavy (non-hydrogen) atoms. The van der Waals surface area contributed by atoms with Crippen molar-refractivity contribution in [2.24, 2.45) is 0 Å². The highest BCUT2D eigenvalue weighted by molar-refractivity contribution is 6.37. The molecule has 0 saturated carbocycles. The number of halogens is 2. The molecule has 1 atom stereocenters. The largest absolute Gasteiger partial charge is 0.505 e. The third-order valence-electron chi connectivity index (χ3n) is 2.78. The molecule has 1 amide bonds. The summed E-state index contributed by atoms with van der Waals surface area (Å²) in [6.45, 7) is 6.97. The van der Waals surface area contributed by atoms with Crippen LogP contribution in [0.15, 0.2) is 12.1 Å². The van der Waals surface area contributed by atoms with Crippen molar-refractivity contribution in [3.05, 3.63) is 27.7 Å². The Morgan fingerprint density at radius 2 is 1.79 bits per heavy atom. The molecule has 0 bridgehead atoms. The molecular formula is C16H21Cl2NO5. The number of carbonyl (C=O) groups excluding carboxylic acids is 2. The lowest BCUT2D eigenvalue weighted by Crippen LogP contribution is -2.45. The number of nitrogens with one attached hydrogen (secondary N) is 1. The van der Waals surface area contributed by atoms with Crippen molar-refractivity contribution in [3.8, 4) is 5.75 Å². The molecule has 134 valence electrons. The lowest BCUT2D eigenvalue weighted by molar-refractivity contribution is -0.145. The van der Waals surface area contributed by atoms with Crippen molar-refractivity contribution in [3.63, 3.8) is 0 Å². The van der Waals surface area contributed by atoms with Gasteiger partial charge in [-0.15, -0.1) is 0 Å². The smallest absolute Gasteiger partial charge is 0.408 e. The summed E-state index contributed by atoms with van der Waals surface area (Å²) in [5, 5.41) is 12.2. The fraction of sp³-hybridized carbons (Fsp3) is 0.500. The molecule has 0 aromatic heterocycles. The summed E-state index contributed by atoms with van der Waals surface area (Å²) < 4.78 is 10.1. The van der Waals surface area contributed by atoms with E-state index in [9.17, 15) is 14.7 Å². The second-order valence-corrected chi connectivity index (χ2v) is 6.88. The zero-order chi connectivity index (χ0) is 18.5. The third kappa shape index (κ3) is 6.45. The normalized spacial score (nSPS) is 12.4. The summed E-state index contributed by atoms with van der Waals surface area (Å²) in [6.07, 6.45) is -0.658. The molecule has 1 rings (SSSR count). The van der Waals surface area contributed by atoms with Crippen molar-refractivity contribution < 1.29 is 24.2 Å². The van der Waals surface area contributed by atoms with Crippen molar-refractivity contribution in [1.82, 2.24) is 5.32 Å². The van der Waals surface area contributed by atoms with E-state index in [4.69, 9.17) is 32.7 Å². The van der Waals surface area contributed by atoms with Crippen LogP contribution in [0.4, 0.5) is 4.79 Å². The van der Waals surface area contributed by atoms with Crippen LogP contribution >= 0.6 is 23.2 Å². The number of esters is 1. The Kier molecular flexibility index (Phi) is 7.17. The number of phenolic OH excluding ortho intramolecular Hbond substituents is 1. The quantitative estimate of drug-likeness (QED) is 0.764. The molecule has 0 aliphatic heterocycles. The minimum atomic E-state index is -0.975. The molecule has 6 nitrogen and oxygen atoms in total. The van der Waals surface area contributed by atoms with Crippen LogP contribution in [-0.4, -0.2) is 35.4 Å². The number of hydrogen-bond donors (Lipinski definition) is 2. The molecule has 0 fully saturated rings. The van der Waals surface area contributed by atoms with Crippen LogP contribution in [0.5, 0.6) is 5.75 Å². The minimum Gasteiger partial charge on any atom is -0.505 e. The zero-order valence-corrected chi connectivity index (χ0v) is 15.5. The van der Waals surface area contributed by atoms with Crippen LogP contribution in [0.3, 0.4) is 0 Å². The average Bonchev–Trinajstić information content (AvgIpc) is 2.42. The van der Waals surface area contributed by atoms with E-state index < -0.39 is 23.7 Å². The van der Waals surface area contributed by atoms with Gasteiger partial charge in [-0.05, 0) is 45.4 Å². The van der Waals surface area contributed by atoms with E-state index in [1.54, 1.807) is 27.7 Å². The summed E-state index contributed by atoms with van der Waals surface area (Å²) in [5.74, 6) is -0.849. The highest BCUT2D eigenvalue weighted by Gasteiger charge is 2.26. The zero-order valence-electron chi connectivity index (χ0n) is 14.0. The van der Waals surface area contributed by atoms with Crippen molar-refractivity contribution in [2.45, 2.75) is 45.8 Å². The predicted octanol–water partition coefficient (Wildman–Crippen LogP) is 3.70. The van der Waals surface area contributed by atoms with Gasteiger partial charge in [0.25, 0.3) is 0 Å². The first-order valence-electron chi connectivity index (χ1n) is 7.36. The van der Waals surface area contributed by atoms with Gasteiger partial charge in [0, 0.05) is 6.42 Å². The molecule has 1 aromatic rings. The van der Waals surface area contributed by atoms with Crippen LogP contribution < -0.4 is 5.32 Å². The average molecular weight is 378 g/mol. The molecule has 0 saturated heterocycles. The summed E-state index contributed by atoms with van der Waals surface area (Å²) in [4.78, 5) is 24.0. The number of aromatic hydroxyl groups is 1. The Balaban J connectivity index is 2.94. The minimum absolute atomic E-state index is 0.0531. The van der Waals surface area contributed by atoms with Crippen LogP contribution in [-0.2, 0) is 20.7 Å². The maximum Gasteiger partial charge on any atom is 0.408 e. The van der Waals surface area contributed by atoms with Gasteiger partial charge in [-0.3, -0.25) is 0 Å². The van der Waals surface area contributed by atoms with Gasteiger partial charge in [0.2, 0.25) is 0 Å². The second kappa shape index (κ2) is 8.44. The van der Waals surface area contributed by atoms with Crippen LogP contribution in [0.1, 0.15) is 33.3 Å². The van der Waals surface area contributed by atoms with E-state index in [1.807, 2.05) is 0 Å². The number of amides is 1. The molecule has 0 unspecified atom stereocenters. The predicted molar refractivity (Wildman–Crippen MR) is 91.6 cm³/mol. The number of phenols is 1. The van der Waals surface area contributed by atoms with E-state index in [0.717, 1.165) is 0 Å². The van der Waals surface area contributed by atoms with Crippen LogP contribution in [0, 0.1) is 0 Å². The van der Waals surface area contributed by atoms with Gasteiger partial charge in [-0.2, -0.15) is 0 Å². The molecule has 1 aromatic carbocycles. The summed E-state index contributed by atoms with van der Waals surface area (Å²) in [5.41, 5.74) is -0.147. The topological polar surface area (TPSA) is 84.9 Å². The Hall–Kier alpha value is -1.66. The van der Waals surface area contributed by atoms with Gasteiger partial charge in [0.05, 0.1) is 16.7 Å². The first kappa shape index (κ1) is 20.4. The Labute approximate surface area is 151 Å². The van der Waals surface area contributed by atoms with Gasteiger partial charge in [0.1, 0.15) is 11.6 Å². The van der Waals surface area contributed by atoms with Crippen LogP contribution in [0.25, 0.3) is 0 Å². The van der Waals surface area contributed by atoms with Gasteiger partial charge in [-0.1, -0.05) is 23.2 Å². The van der Waals surface area contributed by atoms with E-state index in [0.29, 0.717) is 5.56 Å². The molecule has 2 N–H and O–H groups in total. The number of ether oxygens (including phenoxy) is 2. The van der Waals surface area contributed by atoms with Gasteiger partial charge in [0.15, 0.2) is 5.75 Å². The molecule has 0 heterocycles. The second-order valence-electron chi connectivity index (χ2n) is 6.06. The fourth-order valence-electron chi connectivity index (χ4n) is 1.86. The highest BCUT2D eigenvalue weighted by atomic mass is 35.5. The van der Waals surface area contributed by atoms with Crippen LogP contribution in [0.2, 0.25) is 10.0 Å². The summed E-state index contributed by atoms with van der Waals surface area (Å²) >= 11 is 11.7. The Morgan fingerprint density at radius 3 is 2.25 bits per heavy atom. The SMILES string of the molecule is CCOC(=O)[C@H](Cc1cc(Cl)c(O)c(Cl)c1)NC(=O)OC(C)(C)C.